The molecule has 2 aromatic carbocycles. The molecule has 0 bridgehead atoms. The highest BCUT2D eigenvalue weighted by molar-refractivity contribution is 6.32. The van der Waals surface area contributed by atoms with Crippen molar-refractivity contribution >= 4 is 29.4 Å². The molecule has 1 atom stereocenters. The third kappa shape index (κ3) is 5.64. The van der Waals surface area contributed by atoms with Gasteiger partial charge in [0.2, 0.25) is 0 Å². The van der Waals surface area contributed by atoms with Crippen LogP contribution in [0, 0.1) is 0 Å². The summed E-state index contributed by atoms with van der Waals surface area (Å²) in [6.45, 7) is 2.39. The molecule has 0 spiro atoms. The molecule has 1 aromatic heterocycles. The number of hydrogen-bond donors (Lipinski definition) is 0. The van der Waals surface area contributed by atoms with E-state index in [4.69, 9.17) is 21.1 Å². The van der Waals surface area contributed by atoms with Crippen molar-refractivity contribution in [1.29, 1.82) is 0 Å². The molecular weight excluding hydrogens is 478 g/mol. The van der Waals surface area contributed by atoms with Gasteiger partial charge in [0.25, 0.3) is 5.91 Å². The molecule has 2 aliphatic rings. The fourth-order valence-electron chi connectivity index (χ4n) is 4.44. The Hall–Kier alpha value is -3.55. The van der Waals surface area contributed by atoms with Gasteiger partial charge in [0.1, 0.15) is 11.9 Å². The Balaban J connectivity index is 1.20. The number of allylic oxidation sites excluding steroid dienone is 1. The van der Waals surface area contributed by atoms with Crippen LogP contribution in [0.4, 0.5) is 0 Å². The van der Waals surface area contributed by atoms with Crippen LogP contribution >= 0.6 is 11.6 Å². The Morgan fingerprint density at radius 2 is 1.89 bits per heavy atom. The lowest BCUT2D eigenvalue weighted by molar-refractivity contribution is -0.115. The number of aromatic nitrogens is 2. The molecule has 2 aliphatic heterocycles. The Kier molecular flexibility index (Phi) is 7.39. The highest BCUT2D eigenvalue weighted by Crippen LogP contribution is 2.40. The molecule has 5 rings (SSSR count). The fraction of sp³-hybridized carbons (Fsp3) is 0.286. The number of nitrogens with zero attached hydrogens (tertiary/aromatic N) is 3. The maximum atomic E-state index is 12.7. The monoisotopic (exact) mass is 503 g/mol. The van der Waals surface area contributed by atoms with Gasteiger partial charge in [-0.2, -0.15) is 10.2 Å². The number of benzene rings is 2. The van der Waals surface area contributed by atoms with E-state index < -0.39 is 0 Å². The van der Waals surface area contributed by atoms with Crippen LogP contribution < -0.4 is 4.74 Å². The predicted molar refractivity (Wildman–Crippen MR) is 137 cm³/mol. The SMILES string of the molecule is O=C(/C=C/c1cccnn1)CCC1Cc2cc(-c3ccc(C(=O)N4CCOCC4)cc3)cc(Cl)c2O1. The summed E-state index contributed by atoms with van der Waals surface area (Å²) in [5.41, 5.74) is 4.28. The van der Waals surface area contributed by atoms with E-state index in [9.17, 15) is 9.59 Å². The minimum Gasteiger partial charge on any atom is -0.488 e. The van der Waals surface area contributed by atoms with Crippen molar-refractivity contribution in [2.75, 3.05) is 26.3 Å². The average molecular weight is 504 g/mol. The van der Waals surface area contributed by atoms with Crippen LogP contribution in [0.5, 0.6) is 5.75 Å². The molecule has 7 nitrogen and oxygen atoms in total. The van der Waals surface area contributed by atoms with Crippen LogP contribution in [0.3, 0.4) is 0 Å². The van der Waals surface area contributed by atoms with Crippen molar-refractivity contribution in [2.24, 2.45) is 0 Å². The molecule has 1 saturated heterocycles. The summed E-state index contributed by atoms with van der Waals surface area (Å²) in [5.74, 6) is 0.722. The average Bonchev–Trinajstić information content (AvgIpc) is 3.35. The largest absolute Gasteiger partial charge is 0.488 e. The van der Waals surface area contributed by atoms with Gasteiger partial charge in [-0.1, -0.05) is 23.7 Å². The first-order valence-electron chi connectivity index (χ1n) is 12.0. The fourth-order valence-corrected chi connectivity index (χ4v) is 4.72. The number of morpholine rings is 1. The minimum atomic E-state index is -0.102. The third-order valence-corrected chi connectivity index (χ3v) is 6.64. The highest BCUT2D eigenvalue weighted by Gasteiger charge is 2.26. The smallest absolute Gasteiger partial charge is 0.254 e. The van der Waals surface area contributed by atoms with Crippen LogP contribution in [0.2, 0.25) is 5.02 Å². The third-order valence-electron chi connectivity index (χ3n) is 6.36. The summed E-state index contributed by atoms with van der Waals surface area (Å²) in [6, 6.07) is 15.1. The van der Waals surface area contributed by atoms with Crippen molar-refractivity contribution in [3.8, 4) is 16.9 Å². The van der Waals surface area contributed by atoms with E-state index in [1.165, 1.54) is 6.08 Å². The van der Waals surface area contributed by atoms with E-state index in [1.54, 1.807) is 24.4 Å². The van der Waals surface area contributed by atoms with Crippen molar-refractivity contribution in [1.82, 2.24) is 15.1 Å². The normalized spacial score (nSPS) is 17.1. The minimum absolute atomic E-state index is 0.0127. The highest BCUT2D eigenvalue weighted by atomic mass is 35.5. The first-order valence-corrected chi connectivity index (χ1v) is 12.4. The van der Waals surface area contributed by atoms with Crippen molar-refractivity contribution < 1.29 is 19.1 Å². The maximum absolute atomic E-state index is 12.7. The standard InChI is InChI=1S/C28H26ClN3O4/c29-26-18-21(19-3-5-20(6-4-19)28(34)32-12-14-35-15-13-32)16-22-17-25(36-27(22)26)10-9-24(33)8-7-23-2-1-11-30-31-23/h1-8,11,16,18,25H,9-10,12-15,17H2/b8-7+. The lowest BCUT2D eigenvalue weighted by atomic mass is 9.98. The second-order valence-electron chi connectivity index (χ2n) is 8.86. The molecule has 1 amide bonds. The van der Waals surface area contributed by atoms with Gasteiger partial charge in [0, 0.05) is 37.7 Å². The number of amides is 1. The molecule has 0 radical (unpaired) electrons. The van der Waals surface area contributed by atoms with E-state index in [0.29, 0.717) is 67.6 Å². The quantitative estimate of drug-likeness (QED) is 0.437. The van der Waals surface area contributed by atoms with Gasteiger partial charge >= 0.3 is 0 Å². The molecule has 8 heteroatoms. The number of carbonyl (C=O) groups excluding carboxylic acids is 2. The van der Waals surface area contributed by atoms with Crippen LogP contribution in [0.1, 0.15) is 34.5 Å². The zero-order valence-corrected chi connectivity index (χ0v) is 20.5. The van der Waals surface area contributed by atoms with Crippen LogP contribution in [0.25, 0.3) is 17.2 Å². The number of ketones is 1. The van der Waals surface area contributed by atoms with Crippen LogP contribution in [-0.4, -0.2) is 59.2 Å². The van der Waals surface area contributed by atoms with Crippen molar-refractivity contribution in [3.05, 3.63) is 82.6 Å². The maximum Gasteiger partial charge on any atom is 0.254 e. The van der Waals surface area contributed by atoms with Crippen LogP contribution in [0.15, 0.2) is 60.8 Å². The summed E-state index contributed by atoms with van der Waals surface area (Å²) >= 11 is 6.56. The van der Waals surface area contributed by atoms with Gasteiger partial charge in [0.05, 0.1) is 23.9 Å². The Bertz CT molecular complexity index is 1270. The molecule has 36 heavy (non-hydrogen) atoms. The van der Waals surface area contributed by atoms with E-state index in [2.05, 4.69) is 16.3 Å². The van der Waals surface area contributed by atoms with E-state index in [0.717, 1.165) is 16.7 Å². The molecule has 3 heterocycles. The van der Waals surface area contributed by atoms with Gasteiger partial charge in [-0.25, -0.2) is 0 Å². The van der Waals surface area contributed by atoms with Crippen molar-refractivity contribution in [2.45, 2.75) is 25.4 Å². The molecule has 0 aliphatic carbocycles. The molecule has 0 saturated carbocycles. The summed E-state index contributed by atoms with van der Waals surface area (Å²) in [5, 5.41) is 8.29. The van der Waals surface area contributed by atoms with Gasteiger partial charge in [0.15, 0.2) is 5.78 Å². The summed E-state index contributed by atoms with van der Waals surface area (Å²) in [6.07, 6.45) is 6.36. The summed E-state index contributed by atoms with van der Waals surface area (Å²) in [4.78, 5) is 26.8. The zero-order chi connectivity index (χ0) is 24.9. The van der Waals surface area contributed by atoms with Gasteiger partial charge in [-0.15, -0.1) is 0 Å². The number of rotatable bonds is 7. The Labute approximate surface area is 214 Å². The molecule has 1 fully saturated rings. The molecular formula is C28H26ClN3O4. The first-order chi connectivity index (χ1) is 17.6. The number of carbonyl (C=O) groups is 2. The summed E-state index contributed by atoms with van der Waals surface area (Å²) in [7, 11) is 0. The summed E-state index contributed by atoms with van der Waals surface area (Å²) < 4.78 is 11.4. The Morgan fingerprint density at radius 1 is 1.08 bits per heavy atom. The van der Waals surface area contributed by atoms with E-state index in [-0.39, 0.29) is 17.8 Å². The van der Waals surface area contributed by atoms with Crippen LogP contribution in [-0.2, 0) is 16.0 Å². The lowest BCUT2D eigenvalue weighted by Crippen LogP contribution is -2.40. The van der Waals surface area contributed by atoms with Gasteiger partial charge in [-0.05, 0) is 71.7 Å². The molecule has 3 aromatic rings. The van der Waals surface area contributed by atoms with E-state index in [1.807, 2.05) is 35.2 Å². The topological polar surface area (TPSA) is 81.6 Å². The van der Waals surface area contributed by atoms with Gasteiger partial charge < -0.3 is 14.4 Å². The Morgan fingerprint density at radius 3 is 2.64 bits per heavy atom. The molecule has 1 unspecified atom stereocenters. The van der Waals surface area contributed by atoms with Crippen molar-refractivity contribution in [3.63, 3.8) is 0 Å². The first kappa shape index (κ1) is 24.2. The lowest BCUT2D eigenvalue weighted by Gasteiger charge is -2.26. The molecule has 184 valence electrons. The number of ether oxygens (including phenoxy) is 2. The second kappa shape index (κ2) is 11.0. The number of fused-ring (bicyclic) bond motifs is 1. The number of halogens is 1. The van der Waals surface area contributed by atoms with Gasteiger partial charge in [-0.3, -0.25) is 9.59 Å². The zero-order valence-electron chi connectivity index (χ0n) is 19.7. The number of hydrogen-bond acceptors (Lipinski definition) is 6. The predicted octanol–water partition coefficient (Wildman–Crippen LogP) is 4.64. The molecule has 0 N–H and O–H groups in total. The van der Waals surface area contributed by atoms with E-state index >= 15 is 0 Å². The second-order valence-corrected chi connectivity index (χ2v) is 9.27.